The van der Waals surface area contributed by atoms with Crippen molar-refractivity contribution in [3.05, 3.63) is 41.7 Å². The first kappa shape index (κ1) is 27.0. The van der Waals surface area contributed by atoms with Gasteiger partial charge in [-0.05, 0) is 86.3 Å². The Morgan fingerprint density at radius 1 is 1.21 bits per heavy atom. The number of nitrogens with one attached hydrogen (secondary N) is 1. The number of aliphatic hydroxyl groups is 3. The third-order valence-electron chi connectivity index (χ3n) is 10.2. The van der Waals surface area contributed by atoms with Crippen LogP contribution in [0.2, 0.25) is 0 Å². The molecule has 5 rings (SSSR count). The van der Waals surface area contributed by atoms with Gasteiger partial charge in [-0.15, -0.1) is 0 Å². The van der Waals surface area contributed by atoms with E-state index in [-0.39, 0.29) is 35.7 Å². The van der Waals surface area contributed by atoms with Crippen LogP contribution in [-0.2, 0) is 21.0 Å². The second-order valence-electron chi connectivity index (χ2n) is 12.0. The highest BCUT2D eigenvalue weighted by molar-refractivity contribution is 5.96. The van der Waals surface area contributed by atoms with E-state index in [2.05, 4.69) is 28.5 Å². The molecule has 1 aromatic heterocycles. The van der Waals surface area contributed by atoms with Gasteiger partial charge >= 0.3 is 0 Å². The number of oxime groups is 1. The van der Waals surface area contributed by atoms with Crippen LogP contribution in [0, 0.1) is 28.6 Å². The zero-order valence-electron chi connectivity index (χ0n) is 22.2. The molecule has 3 saturated carbocycles. The van der Waals surface area contributed by atoms with Crippen molar-refractivity contribution >= 4 is 17.4 Å². The first-order valence-corrected chi connectivity index (χ1v) is 13.7. The highest BCUT2D eigenvalue weighted by Gasteiger charge is 2.68. The monoisotopic (exact) mass is 525 g/mol. The minimum absolute atomic E-state index is 0.0343. The summed E-state index contributed by atoms with van der Waals surface area (Å²) in [7, 11) is 0. The molecule has 0 radical (unpaired) electrons. The fourth-order valence-corrected chi connectivity index (χ4v) is 8.28. The lowest BCUT2D eigenvalue weighted by Gasteiger charge is -2.60. The van der Waals surface area contributed by atoms with Crippen LogP contribution in [-0.4, -0.2) is 62.6 Å². The van der Waals surface area contributed by atoms with E-state index in [1.165, 1.54) is 5.57 Å². The molecule has 4 N–H and O–H groups in total. The predicted octanol–water partition coefficient (Wildman–Crippen LogP) is 2.30. The average Bonchev–Trinajstić information content (AvgIpc) is 3.18. The maximum atomic E-state index is 12.6. The molecule has 0 bridgehead atoms. The Kier molecular flexibility index (Phi) is 7.22. The number of ketones is 1. The van der Waals surface area contributed by atoms with Gasteiger partial charge in [0.1, 0.15) is 12.2 Å². The normalized spacial score (nSPS) is 39.0. The van der Waals surface area contributed by atoms with Crippen LogP contribution in [0.25, 0.3) is 0 Å². The molecule has 0 aromatic carbocycles. The number of Topliss-reactive ketones (excluding diaryl/α,β-unsaturated/α-hetero) is 1. The standard InChI is InChI=1S/C29H39N3O6/c1-27-10-8-19(32-38-17-25(36)31-15-20-5-3-4-12-30-20)13-18(27)6-7-21-22-9-11-29(37,24(35)16-33)28(22,2)14-23(34)26(21)27/h3-5,12-13,21-23,26,33-34,37H,6-11,14-17H2,1-2H3,(H,31,36)/t21-,22+,23+,26-,27+,28-,29+/m1/s1. The van der Waals surface area contributed by atoms with Crippen molar-refractivity contribution in [2.24, 2.45) is 33.7 Å². The number of allylic oxidation sites excluding steroid dienone is 2. The van der Waals surface area contributed by atoms with E-state index in [0.717, 1.165) is 37.1 Å². The summed E-state index contributed by atoms with van der Waals surface area (Å²) >= 11 is 0. The van der Waals surface area contributed by atoms with E-state index >= 15 is 0 Å². The first-order chi connectivity index (χ1) is 18.1. The van der Waals surface area contributed by atoms with Crippen molar-refractivity contribution < 1.29 is 29.7 Å². The van der Waals surface area contributed by atoms with Gasteiger partial charge in [-0.2, -0.15) is 0 Å². The number of nitrogens with zero attached hydrogens (tertiary/aromatic N) is 2. The fraction of sp³-hybridized carbons (Fsp3) is 0.655. The van der Waals surface area contributed by atoms with E-state index in [1.54, 1.807) is 6.20 Å². The molecule has 1 heterocycles. The van der Waals surface area contributed by atoms with Crippen LogP contribution >= 0.6 is 0 Å². The lowest BCUT2D eigenvalue weighted by Crippen LogP contribution is -2.62. The van der Waals surface area contributed by atoms with Crippen molar-refractivity contribution in [3.63, 3.8) is 0 Å². The van der Waals surface area contributed by atoms with Crippen LogP contribution in [0.4, 0.5) is 0 Å². The number of fused-ring (bicyclic) bond motifs is 5. The van der Waals surface area contributed by atoms with Gasteiger partial charge in [-0.3, -0.25) is 14.6 Å². The fourth-order valence-electron chi connectivity index (χ4n) is 8.28. The molecule has 1 aromatic rings. The summed E-state index contributed by atoms with van der Waals surface area (Å²) in [5.74, 6) is -0.438. The maximum Gasteiger partial charge on any atom is 0.261 e. The molecule has 206 valence electrons. The van der Waals surface area contributed by atoms with E-state index in [9.17, 15) is 24.9 Å². The zero-order valence-corrected chi connectivity index (χ0v) is 22.2. The molecule has 9 heteroatoms. The second kappa shape index (κ2) is 10.2. The zero-order chi connectivity index (χ0) is 27.1. The largest absolute Gasteiger partial charge is 0.393 e. The van der Waals surface area contributed by atoms with Crippen molar-refractivity contribution in [1.82, 2.24) is 10.3 Å². The van der Waals surface area contributed by atoms with E-state index in [0.29, 0.717) is 25.8 Å². The highest BCUT2D eigenvalue weighted by Crippen LogP contribution is 2.67. The summed E-state index contributed by atoms with van der Waals surface area (Å²) in [6.45, 7) is 3.64. The number of pyridine rings is 1. The Bertz CT molecular complexity index is 1140. The summed E-state index contributed by atoms with van der Waals surface area (Å²) < 4.78 is 0. The molecule has 0 aliphatic heterocycles. The molecular formula is C29H39N3O6. The van der Waals surface area contributed by atoms with E-state index < -0.39 is 29.5 Å². The van der Waals surface area contributed by atoms with Gasteiger partial charge in [0.25, 0.3) is 5.91 Å². The van der Waals surface area contributed by atoms with Crippen LogP contribution < -0.4 is 5.32 Å². The van der Waals surface area contributed by atoms with Crippen LogP contribution in [0.5, 0.6) is 0 Å². The predicted molar refractivity (Wildman–Crippen MR) is 140 cm³/mol. The molecule has 0 saturated heterocycles. The topological polar surface area (TPSA) is 141 Å². The highest BCUT2D eigenvalue weighted by atomic mass is 16.6. The minimum Gasteiger partial charge on any atom is -0.393 e. The lowest BCUT2D eigenvalue weighted by molar-refractivity contribution is -0.181. The number of amides is 1. The third kappa shape index (κ3) is 4.38. The maximum absolute atomic E-state index is 12.6. The number of aliphatic hydroxyl groups excluding tert-OH is 2. The Hall–Kier alpha value is -2.62. The minimum atomic E-state index is -1.58. The molecule has 7 atom stereocenters. The van der Waals surface area contributed by atoms with Gasteiger partial charge in [0.2, 0.25) is 0 Å². The summed E-state index contributed by atoms with van der Waals surface area (Å²) in [6, 6.07) is 5.53. The Morgan fingerprint density at radius 2 is 2.03 bits per heavy atom. The van der Waals surface area contributed by atoms with Crippen molar-refractivity contribution in [3.8, 4) is 0 Å². The molecule has 0 unspecified atom stereocenters. The average molecular weight is 526 g/mol. The number of hydrogen-bond donors (Lipinski definition) is 4. The molecule has 38 heavy (non-hydrogen) atoms. The summed E-state index contributed by atoms with van der Waals surface area (Å²) in [5, 5.41) is 39.4. The van der Waals surface area contributed by atoms with Crippen molar-refractivity contribution in [2.45, 2.75) is 77.0 Å². The van der Waals surface area contributed by atoms with Crippen LogP contribution in [0.15, 0.2) is 41.2 Å². The SMILES string of the molecule is C[C@]12CCC(=NOCC(=O)NCc3ccccn3)C=C1CC[C@H]1[C@@H]2[C@@H](O)C[C@]2(C)[C@H]1CC[C@]2(O)C(=O)CO. The van der Waals surface area contributed by atoms with E-state index in [4.69, 9.17) is 4.84 Å². The number of rotatable bonds is 7. The molecule has 1 amide bonds. The summed E-state index contributed by atoms with van der Waals surface area (Å²) in [6.07, 6.45) is 7.74. The number of aromatic nitrogens is 1. The Balaban J connectivity index is 1.25. The van der Waals surface area contributed by atoms with Crippen molar-refractivity contribution in [1.29, 1.82) is 0 Å². The van der Waals surface area contributed by atoms with Crippen molar-refractivity contribution in [2.75, 3.05) is 13.2 Å². The summed E-state index contributed by atoms with van der Waals surface area (Å²) in [4.78, 5) is 34.3. The quantitative estimate of drug-likeness (QED) is 0.400. The van der Waals surface area contributed by atoms with E-state index in [1.807, 2.05) is 25.1 Å². The van der Waals surface area contributed by atoms with Crippen LogP contribution in [0.1, 0.15) is 64.5 Å². The molecule has 4 aliphatic rings. The number of carbonyl (C=O) groups is 2. The van der Waals surface area contributed by atoms with Gasteiger partial charge in [0, 0.05) is 11.6 Å². The van der Waals surface area contributed by atoms with Gasteiger partial charge in [0.15, 0.2) is 12.4 Å². The Morgan fingerprint density at radius 3 is 2.76 bits per heavy atom. The summed E-state index contributed by atoms with van der Waals surface area (Å²) in [5.41, 5.74) is 0.290. The number of carbonyl (C=O) groups excluding carboxylic acids is 2. The molecule has 3 fully saturated rings. The molecule has 9 nitrogen and oxygen atoms in total. The third-order valence-corrected chi connectivity index (χ3v) is 10.2. The number of hydrogen-bond acceptors (Lipinski definition) is 8. The second-order valence-corrected chi connectivity index (χ2v) is 12.0. The van der Waals surface area contributed by atoms with Crippen LogP contribution in [0.3, 0.4) is 0 Å². The Labute approximate surface area is 223 Å². The lowest BCUT2D eigenvalue weighted by atomic mass is 9.45. The van der Waals surface area contributed by atoms with Gasteiger partial charge < -0.3 is 25.5 Å². The molecule has 4 aliphatic carbocycles. The smallest absolute Gasteiger partial charge is 0.261 e. The van der Waals surface area contributed by atoms with Gasteiger partial charge in [-0.25, -0.2) is 0 Å². The molecule has 0 spiro atoms. The first-order valence-electron chi connectivity index (χ1n) is 13.7. The molecular weight excluding hydrogens is 486 g/mol. The van der Waals surface area contributed by atoms with Gasteiger partial charge in [-0.1, -0.05) is 30.6 Å². The van der Waals surface area contributed by atoms with Gasteiger partial charge in [0.05, 0.1) is 24.1 Å².